The van der Waals surface area contributed by atoms with Crippen LogP contribution in [0.4, 0.5) is 0 Å². The van der Waals surface area contributed by atoms with Crippen LogP contribution in [0.3, 0.4) is 0 Å². The van der Waals surface area contributed by atoms with E-state index in [1.807, 2.05) is 0 Å². The molecule has 0 aliphatic carbocycles. The highest BCUT2D eigenvalue weighted by atomic mass is 32.1. The van der Waals surface area contributed by atoms with E-state index in [1.165, 1.54) is 10.4 Å². The second-order valence-corrected chi connectivity index (χ2v) is 10.7. The third-order valence-electron chi connectivity index (χ3n) is 1.86. The van der Waals surface area contributed by atoms with E-state index < -0.39 is 8.07 Å². The van der Waals surface area contributed by atoms with Crippen molar-refractivity contribution in [3.8, 4) is 11.5 Å². The molecule has 0 spiro atoms. The van der Waals surface area contributed by atoms with Crippen LogP contribution in [0.15, 0.2) is 6.07 Å². The Morgan fingerprint density at radius 1 is 1.40 bits per heavy atom. The SMILES string of the molecule is Cc1cc(CCO)c(C#C[Si](C)(C)C)s1. The maximum absolute atomic E-state index is 8.95. The lowest BCUT2D eigenvalue weighted by molar-refractivity contribution is 0.299. The van der Waals surface area contributed by atoms with Gasteiger partial charge in [-0.1, -0.05) is 25.6 Å². The van der Waals surface area contributed by atoms with Gasteiger partial charge in [-0.25, -0.2) is 0 Å². The maximum atomic E-state index is 8.95. The summed E-state index contributed by atoms with van der Waals surface area (Å²) >= 11 is 1.73. The summed E-state index contributed by atoms with van der Waals surface area (Å²) in [5.41, 5.74) is 4.57. The molecule has 0 aromatic carbocycles. The molecule has 0 fully saturated rings. The summed E-state index contributed by atoms with van der Waals surface area (Å²) in [6.45, 7) is 9.02. The minimum Gasteiger partial charge on any atom is -0.396 e. The van der Waals surface area contributed by atoms with Gasteiger partial charge in [0.2, 0.25) is 0 Å². The fourth-order valence-electron chi connectivity index (χ4n) is 1.22. The molecule has 0 bridgehead atoms. The monoisotopic (exact) mass is 238 g/mol. The zero-order valence-electron chi connectivity index (χ0n) is 9.85. The summed E-state index contributed by atoms with van der Waals surface area (Å²) in [4.78, 5) is 2.42. The van der Waals surface area contributed by atoms with Crippen molar-refractivity contribution >= 4 is 19.4 Å². The first kappa shape index (κ1) is 12.5. The lowest BCUT2D eigenvalue weighted by Gasteiger charge is -2.03. The molecule has 1 N–H and O–H groups in total. The molecule has 15 heavy (non-hydrogen) atoms. The molecule has 0 saturated carbocycles. The number of aliphatic hydroxyl groups excluding tert-OH is 1. The molecule has 3 heteroatoms. The highest BCUT2D eigenvalue weighted by molar-refractivity contribution is 7.12. The predicted octanol–water partition coefficient (Wildman–Crippen LogP) is 2.82. The van der Waals surface area contributed by atoms with E-state index in [0.29, 0.717) is 0 Å². The Morgan fingerprint density at radius 3 is 2.60 bits per heavy atom. The standard InChI is InChI=1S/C12H18OSSi/c1-10-9-11(5-7-13)12(14-10)6-8-15(2,3)4/h9,13H,5,7H2,1-4H3. The van der Waals surface area contributed by atoms with Gasteiger partial charge in [0, 0.05) is 11.5 Å². The Morgan fingerprint density at radius 2 is 2.07 bits per heavy atom. The Hall–Kier alpha value is -0.563. The Bertz CT molecular complexity index is 390. The summed E-state index contributed by atoms with van der Waals surface area (Å²) in [6.07, 6.45) is 0.722. The molecule has 0 radical (unpaired) electrons. The van der Waals surface area contributed by atoms with Gasteiger partial charge >= 0.3 is 0 Å². The molecule has 0 aliphatic rings. The number of aryl methyl sites for hydroxylation is 1. The average molecular weight is 238 g/mol. The molecule has 82 valence electrons. The molecule has 0 saturated heterocycles. The Kier molecular flexibility index (Phi) is 4.15. The number of rotatable bonds is 2. The van der Waals surface area contributed by atoms with Gasteiger partial charge in [-0.15, -0.1) is 16.9 Å². The van der Waals surface area contributed by atoms with Crippen LogP contribution in [0.5, 0.6) is 0 Å². The highest BCUT2D eigenvalue weighted by Crippen LogP contribution is 2.21. The number of hydrogen-bond acceptors (Lipinski definition) is 2. The maximum Gasteiger partial charge on any atom is 0.129 e. The summed E-state index contributed by atoms with van der Waals surface area (Å²) in [5, 5.41) is 8.95. The van der Waals surface area contributed by atoms with Gasteiger partial charge in [0.05, 0.1) is 4.88 Å². The first-order valence-electron chi connectivity index (χ1n) is 5.16. The molecule has 1 rings (SSSR count). The van der Waals surface area contributed by atoms with Crippen molar-refractivity contribution in [1.29, 1.82) is 0 Å². The van der Waals surface area contributed by atoms with Crippen LogP contribution < -0.4 is 0 Å². The van der Waals surface area contributed by atoms with Crippen molar-refractivity contribution in [3.63, 3.8) is 0 Å². The quantitative estimate of drug-likeness (QED) is 0.620. The summed E-state index contributed by atoms with van der Waals surface area (Å²) < 4.78 is 0. The summed E-state index contributed by atoms with van der Waals surface area (Å²) in [5.74, 6) is 3.28. The number of thiophene rings is 1. The van der Waals surface area contributed by atoms with Crippen molar-refractivity contribution in [2.75, 3.05) is 6.61 Å². The van der Waals surface area contributed by atoms with E-state index in [0.717, 1.165) is 11.3 Å². The van der Waals surface area contributed by atoms with Gasteiger partial charge in [0.1, 0.15) is 8.07 Å². The van der Waals surface area contributed by atoms with Gasteiger partial charge in [0.15, 0.2) is 0 Å². The number of aliphatic hydroxyl groups is 1. The summed E-state index contributed by atoms with van der Waals surface area (Å²) in [6, 6.07) is 2.13. The van der Waals surface area contributed by atoms with Crippen molar-refractivity contribution < 1.29 is 5.11 Å². The Labute approximate surface area is 97.2 Å². The van der Waals surface area contributed by atoms with E-state index >= 15 is 0 Å². The normalized spacial score (nSPS) is 11.0. The average Bonchev–Trinajstić information content (AvgIpc) is 2.42. The van der Waals surface area contributed by atoms with E-state index in [9.17, 15) is 0 Å². The van der Waals surface area contributed by atoms with Gasteiger partial charge < -0.3 is 5.11 Å². The van der Waals surface area contributed by atoms with Crippen LogP contribution in [0.1, 0.15) is 15.3 Å². The number of hydrogen-bond donors (Lipinski definition) is 1. The molecule has 1 heterocycles. The van der Waals surface area contributed by atoms with Crippen molar-refractivity contribution in [3.05, 3.63) is 21.4 Å². The lowest BCUT2D eigenvalue weighted by atomic mass is 10.2. The van der Waals surface area contributed by atoms with Crippen LogP contribution in [-0.2, 0) is 6.42 Å². The van der Waals surface area contributed by atoms with E-state index in [2.05, 4.69) is 44.1 Å². The molecule has 1 aromatic heterocycles. The zero-order chi connectivity index (χ0) is 11.5. The minimum atomic E-state index is -1.29. The van der Waals surface area contributed by atoms with Gasteiger partial charge in [-0.3, -0.25) is 0 Å². The van der Waals surface area contributed by atoms with Crippen LogP contribution in [0.25, 0.3) is 0 Å². The predicted molar refractivity (Wildman–Crippen MR) is 70.1 cm³/mol. The molecule has 1 nitrogen and oxygen atoms in total. The lowest BCUT2D eigenvalue weighted by Crippen LogP contribution is -2.16. The molecular weight excluding hydrogens is 220 g/mol. The van der Waals surface area contributed by atoms with Crippen molar-refractivity contribution in [2.24, 2.45) is 0 Å². The van der Waals surface area contributed by atoms with Crippen molar-refractivity contribution in [2.45, 2.75) is 33.0 Å². The van der Waals surface area contributed by atoms with Crippen LogP contribution in [0, 0.1) is 18.4 Å². The summed E-state index contributed by atoms with van der Waals surface area (Å²) in [7, 11) is -1.29. The second kappa shape index (κ2) is 4.98. The molecule has 0 aliphatic heterocycles. The fourth-order valence-corrected chi connectivity index (χ4v) is 2.73. The highest BCUT2D eigenvalue weighted by Gasteiger charge is 2.09. The molecule has 1 aromatic rings. The largest absolute Gasteiger partial charge is 0.396 e. The molecule has 0 amide bonds. The van der Waals surface area contributed by atoms with Gasteiger partial charge in [0.25, 0.3) is 0 Å². The smallest absolute Gasteiger partial charge is 0.129 e. The van der Waals surface area contributed by atoms with Crippen LogP contribution >= 0.6 is 11.3 Å². The zero-order valence-corrected chi connectivity index (χ0v) is 11.7. The van der Waals surface area contributed by atoms with Crippen LogP contribution in [0.2, 0.25) is 19.6 Å². The van der Waals surface area contributed by atoms with Gasteiger partial charge in [-0.05, 0) is 25.0 Å². The molecular formula is C12H18OSSi. The van der Waals surface area contributed by atoms with Gasteiger partial charge in [-0.2, -0.15) is 0 Å². The molecule has 0 unspecified atom stereocenters. The van der Waals surface area contributed by atoms with Crippen LogP contribution in [-0.4, -0.2) is 19.8 Å². The second-order valence-electron chi connectivity index (χ2n) is 4.69. The van der Waals surface area contributed by atoms with E-state index in [1.54, 1.807) is 11.3 Å². The van der Waals surface area contributed by atoms with Crippen molar-refractivity contribution in [1.82, 2.24) is 0 Å². The first-order valence-corrected chi connectivity index (χ1v) is 9.47. The fraction of sp³-hybridized carbons (Fsp3) is 0.500. The third kappa shape index (κ3) is 4.21. The van der Waals surface area contributed by atoms with E-state index in [4.69, 9.17) is 5.11 Å². The van der Waals surface area contributed by atoms with E-state index in [-0.39, 0.29) is 6.61 Å². The third-order valence-corrected chi connectivity index (χ3v) is 3.75. The minimum absolute atomic E-state index is 0.206. The topological polar surface area (TPSA) is 20.2 Å². The Balaban J connectivity index is 2.96. The molecule has 0 atom stereocenters. The first-order chi connectivity index (χ1) is 6.92.